The molecule has 45 heavy (non-hydrogen) atoms. The minimum absolute atomic E-state index is 0.202. The van der Waals surface area contributed by atoms with Crippen LogP contribution >= 0.6 is 23.1 Å². The number of amides is 2. The lowest BCUT2D eigenvalue weighted by molar-refractivity contribution is -0.166. The second-order valence-electron chi connectivity index (χ2n) is 10.8. The van der Waals surface area contributed by atoms with E-state index in [-0.39, 0.29) is 12.4 Å². The first-order valence-electron chi connectivity index (χ1n) is 14.2. The maximum Gasteiger partial charge on any atom is 0.331 e. The summed E-state index contributed by atoms with van der Waals surface area (Å²) in [5.41, 5.74) is 1.51. The van der Waals surface area contributed by atoms with Gasteiger partial charge in [0.15, 0.2) is 17.1 Å². The lowest BCUT2D eigenvalue weighted by Crippen LogP contribution is -2.72. The average Bonchev–Trinajstić information content (AvgIpc) is 3.58. The third kappa shape index (κ3) is 6.24. The summed E-state index contributed by atoms with van der Waals surface area (Å²) in [6, 6.07) is 25.2. The van der Waals surface area contributed by atoms with Crippen LogP contribution in [0.5, 0.6) is 5.75 Å². The van der Waals surface area contributed by atoms with E-state index in [0.717, 1.165) is 16.1 Å². The Kier molecular flexibility index (Phi) is 9.02. The van der Waals surface area contributed by atoms with Crippen molar-refractivity contribution < 1.29 is 28.1 Å². The Morgan fingerprint density at radius 1 is 1.00 bits per heavy atom. The number of esters is 1. The van der Waals surface area contributed by atoms with Crippen LogP contribution in [0.25, 0.3) is 0 Å². The quantitative estimate of drug-likeness (QED) is 0.145. The van der Waals surface area contributed by atoms with Gasteiger partial charge < -0.3 is 19.7 Å². The number of nitrogens with one attached hydrogen (secondary N) is 1. The molecule has 0 saturated carbocycles. The van der Waals surface area contributed by atoms with Gasteiger partial charge in [-0.3, -0.25) is 13.8 Å². The van der Waals surface area contributed by atoms with Crippen LogP contribution in [0.15, 0.2) is 95.3 Å². The minimum atomic E-state index is -1.76. The number of hydrogen-bond donors (Lipinski definition) is 1. The number of β-lactam (4-membered cyclic amide) rings is 1. The van der Waals surface area contributed by atoms with Crippen molar-refractivity contribution in [1.82, 2.24) is 20.4 Å². The Morgan fingerprint density at radius 2 is 1.60 bits per heavy atom. The van der Waals surface area contributed by atoms with Crippen molar-refractivity contribution in [2.45, 2.75) is 46.5 Å². The Bertz CT molecular complexity index is 1670. The molecule has 4 aromatic rings. The van der Waals surface area contributed by atoms with Crippen molar-refractivity contribution in [3.8, 4) is 5.75 Å². The second kappa shape index (κ2) is 13.1. The normalized spacial score (nSPS) is 23.7. The predicted molar refractivity (Wildman–Crippen MR) is 171 cm³/mol. The Balaban J connectivity index is 1.26. The molecule has 0 radical (unpaired) electrons. The first-order chi connectivity index (χ1) is 21.8. The molecule has 3 heterocycles. The molecule has 0 aliphatic carbocycles. The average molecular weight is 663 g/mol. The Morgan fingerprint density at radius 3 is 2.18 bits per heavy atom. The highest BCUT2D eigenvalue weighted by Gasteiger charge is 2.70. The van der Waals surface area contributed by atoms with Crippen molar-refractivity contribution in [3.05, 3.63) is 107 Å². The van der Waals surface area contributed by atoms with E-state index in [0.29, 0.717) is 10.1 Å². The number of benzene rings is 3. The van der Waals surface area contributed by atoms with Gasteiger partial charge in [0.05, 0.1) is 15.5 Å². The fraction of sp³-hybridized carbons (Fsp3) is 0.281. The molecule has 13 heteroatoms. The summed E-state index contributed by atoms with van der Waals surface area (Å²) in [6.07, 6.45) is -0.753. The zero-order chi connectivity index (χ0) is 31.6. The number of para-hydroxylation sites is 1. The molecule has 2 amide bonds. The highest BCUT2D eigenvalue weighted by atomic mass is 32.2. The summed E-state index contributed by atoms with van der Waals surface area (Å²) in [5, 5.41) is 10.8. The van der Waals surface area contributed by atoms with Crippen LogP contribution in [0.2, 0.25) is 0 Å². The van der Waals surface area contributed by atoms with Gasteiger partial charge in [-0.25, -0.2) is 4.79 Å². The number of rotatable bonds is 11. The molecule has 2 aliphatic heterocycles. The van der Waals surface area contributed by atoms with Gasteiger partial charge in [0, 0.05) is 5.75 Å². The van der Waals surface area contributed by atoms with E-state index in [2.05, 4.69) is 15.5 Å². The summed E-state index contributed by atoms with van der Waals surface area (Å²) in [5.74, 6) is -1.00. The van der Waals surface area contributed by atoms with Crippen LogP contribution in [0.3, 0.4) is 0 Å². The van der Waals surface area contributed by atoms with Gasteiger partial charge in [-0.1, -0.05) is 102 Å². The molecular formula is C32H30N4O6S3. The van der Waals surface area contributed by atoms with Crippen molar-refractivity contribution in [2.75, 3.05) is 12.4 Å². The third-order valence-corrected chi connectivity index (χ3v) is 12.4. The molecular weight excluding hydrogens is 633 g/mol. The highest BCUT2D eigenvalue weighted by molar-refractivity contribution is 8.02. The van der Waals surface area contributed by atoms with Gasteiger partial charge in [-0.2, -0.15) is 0 Å². The molecule has 0 bridgehead atoms. The monoisotopic (exact) mass is 662 g/mol. The smallest absolute Gasteiger partial charge is 0.331 e. The summed E-state index contributed by atoms with van der Waals surface area (Å²) >= 11 is 2.72. The van der Waals surface area contributed by atoms with E-state index in [1.807, 2.05) is 73.7 Å². The molecule has 2 saturated heterocycles. The van der Waals surface area contributed by atoms with Gasteiger partial charge in [0.2, 0.25) is 5.91 Å². The van der Waals surface area contributed by atoms with Crippen LogP contribution in [0, 0.1) is 6.92 Å². The van der Waals surface area contributed by atoms with E-state index in [4.69, 9.17) is 9.47 Å². The van der Waals surface area contributed by atoms with E-state index < -0.39 is 56.9 Å². The number of carbonyl (C=O) groups excluding carboxylic acids is 3. The maximum atomic E-state index is 14.3. The number of aryl methyl sites for hydroxylation is 1. The first-order valence-corrected chi connectivity index (χ1v) is 17.2. The molecule has 0 spiro atoms. The SMILES string of the molecule is Cc1nnc(SC[C@@]2(C)[C@H](C(=O)OC(c3ccccc3)c3ccccc3)N3C(=O)[C@@H](NC(=O)COc4ccccc4)[C@H]3S2=O)s1. The summed E-state index contributed by atoms with van der Waals surface area (Å²) in [6.45, 7) is 3.24. The molecule has 2 fully saturated rings. The van der Waals surface area contributed by atoms with Crippen molar-refractivity contribution in [2.24, 2.45) is 0 Å². The minimum Gasteiger partial charge on any atom is -0.484 e. The summed E-state index contributed by atoms with van der Waals surface area (Å²) in [4.78, 5) is 41.9. The zero-order valence-electron chi connectivity index (χ0n) is 24.4. The summed E-state index contributed by atoms with van der Waals surface area (Å²) < 4.78 is 25.4. The van der Waals surface area contributed by atoms with E-state index in [1.54, 1.807) is 31.2 Å². The molecule has 1 N–H and O–H groups in total. The van der Waals surface area contributed by atoms with Crippen molar-refractivity contribution in [3.63, 3.8) is 0 Å². The van der Waals surface area contributed by atoms with Gasteiger partial charge in [-0.05, 0) is 37.1 Å². The van der Waals surface area contributed by atoms with Crippen LogP contribution in [0.1, 0.15) is 29.2 Å². The Labute approximate surface area is 271 Å². The number of carbonyl (C=O) groups is 3. The topological polar surface area (TPSA) is 128 Å². The van der Waals surface area contributed by atoms with Gasteiger partial charge in [0.25, 0.3) is 5.91 Å². The Hall–Kier alpha value is -4.07. The largest absolute Gasteiger partial charge is 0.484 e. The number of hydrogen-bond acceptors (Lipinski definition) is 10. The standard InChI is InChI=1S/C32H30N4O6S3/c1-20-34-35-31(44-20)43-19-32(2)27(30(39)42-26(21-12-6-3-7-13-21)22-14-8-4-9-15-22)36-28(38)25(29(36)45(32)40)33-24(37)18-41-23-16-10-5-11-17-23/h3-17,25-27,29H,18-19H2,1-2H3,(H,33,37)/t25-,27+,29-,32+,45?/m1/s1. The van der Waals surface area contributed by atoms with Crippen LogP contribution in [0.4, 0.5) is 0 Å². The van der Waals surface area contributed by atoms with Crippen molar-refractivity contribution >= 4 is 51.7 Å². The fourth-order valence-corrected chi connectivity index (χ4v) is 9.83. The maximum absolute atomic E-state index is 14.3. The first kappa shape index (κ1) is 30.9. The summed E-state index contributed by atoms with van der Waals surface area (Å²) in [7, 11) is -1.76. The lowest BCUT2D eigenvalue weighted by Gasteiger charge is -2.43. The van der Waals surface area contributed by atoms with E-state index >= 15 is 0 Å². The predicted octanol–water partition coefficient (Wildman–Crippen LogP) is 3.89. The third-order valence-electron chi connectivity index (χ3n) is 7.70. The lowest BCUT2D eigenvalue weighted by atomic mass is 9.95. The van der Waals surface area contributed by atoms with E-state index in [9.17, 15) is 18.6 Å². The van der Waals surface area contributed by atoms with Gasteiger partial charge >= 0.3 is 5.97 Å². The van der Waals surface area contributed by atoms with Crippen LogP contribution in [-0.4, -0.2) is 71.7 Å². The molecule has 5 atom stereocenters. The van der Waals surface area contributed by atoms with E-state index in [1.165, 1.54) is 28.0 Å². The molecule has 232 valence electrons. The van der Waals surface area contributed by atoms with Crippen LogP contribution < -0.4 is 10.1 Å². The molecule has 6 rings (SSSR count). The molecule has 1 unspecified atom stereocenters. The molecule has 3 aromatic carbocycles. The van der Waals surface area contributed by atoms with Crippen molar-refractivity contribution in [1.29, 1.82) is 0 Å². The van der Waals surface area contributed by atoms with Crippen LogP contribution in [-0.2, 0) is 29.9 Å². The zero-order valence-corrected chi connectivity index (χ0v) is 26.8. The fourth-order valence-electron chi connectivity index (χ4n) is 5.49. The number of thioether (sulfide) groups is 1. The molecule has 2 aliphatic rings. The number of fused-ring (bicyclic) bond motifs is 1. The van der Waals surface area contributed by atoms with Gasteiger partial charge in [0.1, 0.15) is 28.2 Å². The molecule has 10 nitrogen and oxygen atoms in total. The molecule has 1 aromatic heterocycles. The number of nitrogens with zero attached hydrogens (tertiary/aromatic N) is 3. The number of ether oxygens (including phenoxy) is 2. The second-order valence-corrected chi connectivity index (χ2v) is 15.2. The van der Waals surface area contributed by atoms with Gasteiger partial charge in [-0.15, -0.1) is 10.2 Å². The highest BCUT2D eigenvalue weighted by Crippen LogP contribution is 2.47. The number of aromatic nitrogens is 2.